The van der Waals surface area contributed by atoms with Gasteiger partial charge < -0.3 is 10.6 Å². The van der Waals surface area contributed by atoms with Crippen LogP contribution in [0.2, 0.25) is 0 Å². The van der Waals surface area contributed by atoms with E-state index in [1.165, 1.54) is 22.4 Å². The maximum Gasteiger partial charge on any atom is 0.270 e. The number of carbonyl (C=O) groups is 2. The van der Waals surface area contributed by atoms with Crippen molar-refractivity contribution in [2.75, 3.05) is 6.54 Å². The van der Waals surface area contributed by atoms with E-state index in [1.54, 1.807) is 18.2 Å². The van der Waals surface area contributed by atoms with Gasteiger partial charge in [0, 0.05) is 12.1 Å². The molecule has 2 amide bonds. The van der Waals surface area contributed by atoms with Gasteiger partial charge in [0.2, 0.25) is 5.91 Å². The molecule has 1 fully saturated rings. The van der Waals surface area contributed by atoms with E-state index < -0.39 is 11.9 Å². The predicted octanol–water partition coefficient (Wildman–Crippen LogP) is 3.69. The number of nitrogens with zero attached hydrogens (tertiary/aromatic N) is 2. The number of amides is 2. The number of aromatic nitrogens is 2. The van der Waals surface area contributed by atoms with E-state index in [2.05, 4.69) is 15.7 Å². The summed E-state index contributed by atoms with van der Waals surface area (Å²) in [5.74, 6) is -0.937. The van der Waals surface area contributed by atoms with Crippen molar-refractivity contribution < 1.29 is 14.0 Å². The molecule has 7 heteroatoms. The highest BCUT2D eigenvalue weighted by Gasteiger charge is 2.25. The molecule has 1 unspecified atom stereocenters. The standard InChI is InChI=1S/C24H25FN4O2/c1-15-6-7-17(13-16(15)2)21-14-22(29(28-21)19-10-8-18(25)9-11-19)24(31)27-20-5-3-4-12-26-23(20)30/h6-11,13-14,20H,3-5,12H2,1-2H3,(H,26,30)(H,27,31). The molecule has 1 aromatic heterocycles. The summed E-state index contributed by atoms with van der Waals surface area (Å²) < 4.78 is 14.9. The molecule has 2 aromatic carbocycles. The Hall–Kier alpha value is -3.48. The van der Waals surface area contributed by atoms with E-state index in [1.807, 2.05) is 32.0 Å². The van der Waals surface area contributed by atoms with Crippen molar-refractivity contribution in [3.8, 4) is 16.9 Å². The van der Waals surface area contributed by atoms with Crippen LogP contribution in [-0.2, 0) is 4.79 Å². The van der Waals surface area contributed by atoms with Crippen molar-refractivity contribution in [2.45, 2.75) is 39.2 Å². The molecular weight excluding hydrogens is 395 g/mol. The highest BCUT2D eigenvalue weighted by molar-refractivity contribution is 5.97. The number of halogens is 1. The van der Waals surface area contributed by atoms with Crippen molar-refractivity contribution in [1.82, 2.24) is 20.4 Å². The van der Waals surface area contributed by atoms with Gasteiger partial charge in [0.15, 0.2) is 0 Å². The first-order valence-electron chi connectivity index (χ1n) is 10.4. The lowest BCUT2D eigenvalue weighted by molar-refractivity contribution is -0.122. The van der Waals surface area contributed by atoms with Gasteiger partial charge in [-0.3, -0.25) is 9.59 Å². The van der Waals surface area contributed by atoms with E-state index in [9.17, 15) is 14.0 Å². The van der Waals surface area contributed by atoms with Gasteiger partial charge in [-0.2, -0.15) is 5.10 Å². The molecule has 0 saturated carbocycles. The van der Waals surface area contributed by atoms with Crippen LogP contribution in [0.4, 0.5) is 4.39 Å². The summed E-state index contributed by atoms with van der Waals surface area (Å²) in [6.07, 6.45) is 2.34. The summed E-state index contributed by atoms with van der Waals surface area (Å²) >= 11 is 0. The first-order chi connectivity index (χ1) is 14.9. The van der Waals surface area contributed by atoms with Crippen molar-refractivity contribution in [3.63, 3.8) is 0 Å². The van der Waals surface area contributed by atoms with E-state index in [0.29, 0.717) is 24.3 Å². The van der Waals surface area contributed by atoms with Gasteiger partial charge in [-0.1, -0.05) is 12.1 Å². The van der Waals surface area contributed by atoms with E-state index >= 15 is 0 Å². The zero-order valence-electron chi connectivity index (χ0n) is 17.6. The fraction of sp³-hybridized carbons (Fsp3) is 0.292. The van der Waals surface area contributed by atoms with E-state index in [-0.39, 0.29) is 17.4 Å². The van der Waals surface area contributed by atoms with Crippen molar-refractivity contribution in [1.29, 1.82) is 0 Å². The minimum absolute atomic E-state index is 0.173. The average molecular weight is 420 g/mol. The second kappa shape index (κ2) is 8.71. The summed E-state index contributed by atoms with van der Waals surface area (Å²) in [6.45, 7) is 4.68. The first-order valence-corrected chi connectivity index (χ1v) is 10.4. The Morgan fingerprint density at radius 1 is 1.10 bits per heavy atom. The molecule has 3 aromatic rings. The van der Waals surface area contributed by atoms with Crippen LogP contribution in [0, 0.1) is 19.7 Å². The second-order valence-corrected chi connectivity index (χ2v) is 7.91. The highest BCUT2D eigenvalue weighted by atomic mass is 19.1. The number of hydrogen-bond acceptors (Lipinski definition) is 3. The molecule has 0 radical (unpaired) electrons. The van der Waals surface area contributed by atoms with Gasteiger partial charge in [-0.05, 0) is 80.6 Å². The Labute approximate surface area is 180 Å². The van der Waals surface area contributed by atoms with Gasteiger partial charge in [-0.25, -0.2) is 9.07 Å². The fourth-order valence-corrected chi connectivity index (χ4v) is 3.67. The lowest BCUT2D eigenvalue weighted by Crippen LogP contribution is -2.45. The maximum atomic E-state index is 13.5. The zero-order valence-corrected chi connectivity index (χ0v) is 17.6. The van der Waals surface area contributed by atoms with Crippen molar-refractivity contribution >= 4 is 11.8 Å². The third-order valence-corrected chi connectivity index (χ3v) is 5.66. The van der Waals surface area contributed by atoms with Gasteiger partial charge in [0.05, 0.1) is 11.4 Å². The molecular formula is C24H25FN4O2. The van der Waals surface area contributed by atoms with Crippen LogP contribution in [0.3, 0.4) is 0 Å². The molecule has 31 heavy (non-hydrogen) atoms. The quantitative estimate of drug-likeness (QED) is 0.676. The van der Waals surface area contributed by atoms with Gasteiger partial charge in [0.25, 0.3) is 5.91 Å². The molecule has 160 valence electrons. The van der Waals surface area contributed by atoms with Crippen LogP contribution in [0.1, 0.15) is 40.9 Å². The van der Waals surface area contributed by atoms with Crippen LogP contribution in [0.25, 0.3) is 16.9 Å². The first kappa shape index (κ1) is 20.8. The van der Waals surface area contributed by atoms with Crippen molar-refractivity contribution in [2.24, 2.45) is 0 Å². The molecule has 1 aliphatic heterocycles. The molecule has 1 atom stereocenters. The largest absolute Gasteiger partial charge is 0.354 e. The van der Waals surface area contributed by atoms with Gasteiger partial charge in [-0.15, -0.1) is 0 Å². The van der Waals surface area contributed by atoms with Crippen LogP contribution < -0.4 is 10.6 Å². The van der Waals surface area contributed by atoms with Crippen LogP contribution in [0.5, 0.6) is 0 Å². The smallest absolute Gasteiger partial charge is 0.270 e. The Kier molecular flexibility index (Phi) is 5.84. The number of benzene rings is 2. The Balaban J connectivity index is 1.72. The number of carbonyl (C=O) groups excluding carboxylic acids is 2. The molecule has 6 nitrogen and oxygen atoms in total. The minimum atomic E-state index is -0.586. The Bertz CT molecular complexity index is 1120. The number of rotatable bonds is 4. The maximum absolute atomic E-state index is 13.5. The molecule has 2 heterocycles. The Morgan fingerprint density at radius 3 is 2.61 bits per heavy atom. The fourth-order valence-electron chi connectivity index (χ4n) is 3.67. The zero-order chi connectivity index (χ0) is 22.0. The average Bonchev–Trinajstić information content (AvgIpc) is 3.10. The summed E-state index contributed by atoms with van der Waals surface area (Å²) in [5, 5.41) is 10.3. The minimum Gasteiger partial charge on any atom is -0.354 e. The third-order valence-electron chi connectivity index (χ3n) is 5.66. The summed E-state index contributed by atoms with van der Waals surface area (Å²) in [6, 6.07) is 12.9. The van der Waals surface area contributed by atoms with Crippen LogP contribution >= 0.6 is 0 Å². The number of hydrogen-bond donors (Lipinski definition) is 2. The SMILES string of the molecule is Cc1ccc(-c2cc(C(=O)NC3CCCCNC3=O)n(-c3ccc(F)cc3)n2)cc1C. The van der Waals surface area contributed by atoms with E-state index in [4.69, 9.17) is 0 Å². The lowest BCUT2D eigenvalue weighted by atomic mass is 10.0. The summed E-state index contributed by atoms with van der Waals surface area (Å²) in [7, 11) is 0. The summed E-state index contributed by atoms with van der Waals surface area (Å²) in [5.41, 5.74) is 4.64. The molecule has 0 spiro atoms. The van der Waals surface area contributed by atoms with Gasteiger partial charge >= 0.3 is 0 Å². The van der Waals surface area contributed by atoms with E-state index in [0.717, 1.165) is 24.0 Å². The van der Waals surface area contributed by atoms with Crippen molar-refractivity contribution in [3.05, 3.63) is 71.2 Å². The number of nitrogens with one attached hydrogen (secondary N) is 2. The molecule has 0 aliphatic carbocycles. The monoisotopic (exact) mass is 420 g/mol. The lowest BCUT2D eigenvalue weighted by Gasteiger charge is -2.15. The predicted molar refractivity (Wildman–Crippen MR) is 117 cm³/mol. The topological polar surface area (TPSA) is 76.0 Å². The normalized spacial score (nSPS) is 16.5. The second-order valence-electron chi connectivity index (χ2n) is 7.91. The number of aryl methyl sites for hydroxylation is 2. The molecule has 2 N–H and O–H groups in total. The van der Waals surface area contributed by atoms with Crippen LogP contribution in [0.15, 0.2) is 48.5 Å². The highest BCUT2D eigenvalue weighted by Crippen LogP contribution is 2.24. The van der Waals surface area contributed by atoms with Gasteiger partial charge in [0.1, 0.15) is 17.6 Å². The molecule has 0 bridgehead atoms. The molecule has 1 saturated heterocycles. The molecule has 4 rings (SSSR count). The van der Waals surface area contributed by atoms with Crippen LogP contribution in [-0.4, -0.2) is 34.2 Å². The molecule has 1 aliphatic rings. The summed E-state index contributed by atoms with van der Waals surface area (Å²) in [4.78, 5) is 25.5. The third kappa shape index (κ3) is 4.50. The Morgan fingerprint density at radius 2 is 1.87 bits per heavy atom.